The van der Waals surface area contributed by atoms with Crippen LogP contribution in [0.15, 0.2) is 6.20 Å². The van der Waals surface area contributed by atoms with Gasteiger partial charge in [-0.15, -0.1) is 5.10 Å². The Morgan fingerprint density at radius 2 is 0.967 bits per heavy atom. The molecular weight excluding hydrogens is 1480 g/mol. The van der Waals surface area contributed by atoms with Gasteiger partial charge in [-0.3, -0.25) is 14.3 Å². The lowest BCUT2D eigenvalue weighted by Gasteiger charge is -2.28. The van der Waals surface area contributed by atoms with Gasteiger partial charge in [0.15, 0.2) is 0 Å². The van der Waals surface area contributed by atoms with E-state index in [1.807, 2.05) is 207 Å². The number of carbonyl (C=O) groups excluding carboxylic acids is 2. The van der Waals surface area contributed by atoms with Crippen molar-refractivity contribution >= 4 is 345 Å². The van der Waals surface area contributed by atoms with Crippen LogP contribution in [0.4, 0.5) is 0 Å². The van der Waals surface area contributed by atoms with E-state index in [2.05, 4.69) is 22.6 Å². The van der Waals surface area contributed by atoms with Gasteiger partial charge >= 0.3 is 0 Å². The maximum atomic E-state index is 11.5. The van der Waals surface area contributed by atoms with Crippen molar-refractivity contribution in [2.45, 2.75) is 71.0 Å². The average Bonchev–Trinajstić information content (AvgIpc) is 3.68. The van der Waals surface area contributed by atoms with Crippen LogP contribution in [0.5, 0.6) is 0 Å². The van der Waals surface area contributed by atoms with Gasteiger partial charge in [0.25, 0.3) is 0 Å². The number of piperidine rings is 1. The minimum absolute atomic E-state index is 0.0462. The maximum absolute atomic E-state index is 11.5. The van der Waals surface area contributed by atoms with Crippen LogP contribution in [0.25, 0.3) is 0 Å². The van der Waals surface area contributed by atoms with Crippen molar-refractivity contribution in [2.24, 2.45) is 12.8 Å². The van der Waals surface area contributed by atoms with Gasteiger partial charge < -0.3 is 11.1 Å². The summed E-state index contributed by atoms with van der Waals surface area (Å²) < 4.78 is 1.66. The number of carbonyl (C=O) groups is 2. The Bertz CT molecular complexity index is 3070. The Kier molecular flexibility index (Phi) is 59.2. The average molecular weight is 1510 g/mol. The molecular formula is C16H29N5O2S37. The summed E-state index contributed by atoms with van der Waals surface area (Å²) in [6.07, 6.45) is 5.43. The Morgan fingerprint density at radius 3 is 1.18 bits per heavy atom. The number of hydrogen-bond acceptors (Lipinski definition) is 8. The predicted octanol–water partition coefficient (Wildman–Crippen LogP) is 1.20. The fraction of sp³-hybridized carbons (Fsp3) is 0.750. The number of nitrogens with two attached hydrogens (primary N) is 1. The molecule has 2 rings (SSSR count). The molecule has 3 atom stereocenters. The summed E-state index contributed by atoms with van der Waals surface area (Å²) in [6, 6.07) is 0.413. The van der Waals surface area contributed by atoms with Gasteiger partial charge in [0.05, 0.1) is 6.04 Å². The van der Waals surface area contributed by atoms with E-state index < -0.39 is 0 Å². The highest BCUT2D eigenvalue weighted by Crippen LogP contribution is 2.22. The SMILES string of the molecule is CCC(N)CC(C)=O.CCC1CC(=O)CC(c2cn(C)nn2)N1.S=S=S=S=S=S=S=S=S=S=S=S=S=S=S=S=S=S=S=S=S=S=S=S=S=S=S=S=S=S=S=S=S=S=S=S=S. The van der Waals surface area contributed by atoms with Crippen molar-refractivity contribution < 1.29 is 9.59 Å². The number of aryl methyl sites for hydroxylation is 1. The van der Waals surface area contributed by atoms with Crippen LogP contribution in [0.2, 0.25) is 0 Å². The summed E-state index contributed by atoms with van der Waals surface area (Å²) in [7, 11) is 63.7. The second-order valence-electron chi connectivity index (χ2n) is 8.54. The zero-order chi connectivity index (χ0) is 44.2. The third kappa shape index (κ3) is 48.2. The molecule has 0 spiro atoms. The van der Waals surface area contributed by atoms with Gasteiger partial charge in [-0.2, -0.15) is 0 Å². The van der Waals surface area contributed by atoms with Gasteiger partial charge in [-0.1, -0.05) is 19.1 Å². The van der Waals surface area contributed by atoms with E-state index in [1.165, 1.54) is 17.8 Å². The Hall–Kier alpha value is 6.54. The number of aromatic nitrogens is 3. The largest absolute Gasteiger partial charge is 0.327 e. The smallest absolute Gasteiger partial charge is 0.136 e. The Balaban J connectivity index is 0.00000121. The quantitative estimate of drug-likeness (QED) is 0.455. The van der Waals surface area contributed by atoms with Crippen molar-refractivity contribution in [1.29, 1.82) is 0 Å². The van der Waals surface area contributed by atoms with Crippen LogP contribution in [0.3, 0.4) is 0 Å². The molecule has 0 radical (unpaired) electrons. The third-order valence-corrected chi connectivity index (χ3v) is 80.4. The third-order valence-electron chi connectivity index (χ3n) is 4.83. The molecule has 2 heterocycles. The van der Waals surface area contributed by atoms with E-state index in [-0.39, 0.29) is 17.9 Å². The van der Waals surface area contributed by atoms with E-state index >= 15 is 0 Å². The number of ketones is 2. The molecule has 3 unspecified atom stereocenters. The van der Waals surface area contributed by atoms with Crippen LogP contribution in [-0.2, 0) is 350 Å². The Labute approximate surface area is 460 Å². The normalized spacial score (nSPS) is 13.2. The van der Waals surface area contributed by atoms with E-state index in [1.54, 1.807) is 118 Å². The number of nitrogens with zero attached hydrogens (tertiary/aromatic N) is 3. The second-order valence-corrected chi connectivity index (χ2v) is 70.5. The summed E-state index contributed by atoms with van der Waals surface area (Å²) in [4.78, 5) is 21.9. The highest BCUT2D eigenvalue weighted by atomic mass is 33.5. The monoisotopic (exact) mass is 1510 g/mol. The highest BCUT2D eigenvalue weighted by molar-refractivity contribution is 8.80. The molecule has 3 N–H and O–H groups in total. The number of nitrogens with one attached hydrogen (secondary N) is 1. The lowest BCUT2D eigenvalue weighted by Crippen LogP contribution is -2.40. The van der Waals surface area contributed by atoms with Gasteiger partial charge in [0, 0.05) is 378 Å². The molecule has 0 amide bonds. The minimum atomic E-state index is 0.0462. The fourth-order valence-corrected chi connectivity index (χ4v) is 93.4. The predicted molar refractivity (Wildman–Crippen MR) is 361 cm³/mol. The molecule has 1 aliphatic rings. The summed E-state index contributed by atoms with van der Waals surface area (Å²) in [5, 5.41) is 11.4. The van der Waals surface area contributed by atoms with Crippen molar-refractivity contribution in [3.05, 3.63) is 11.9 Å². The zero-order valence-corrected chi connectivity index (χ0v) is 59.9. The molecule has 0 bridgehead atoms. The molecule has 1 fully saturated rings. The van der Waals surface area contributed by atoms with Crippen molar-refractivity contribution in [2.75, 3.05) is 0 Å². The van der Waals surface area contributed by atoms with Crippen molar-refractivity contribution in [3.63, 3.8) is 0 Å². The van der Waals surface area contributed by atoms with Crippen LogP contribution < -0.4 is 11.1 Å². The van der Waals surface area contributed by atoms with Crippen LogP contribution in [-0.4, -0.2) is 38.6 Å². The molecule has 1 saturated heterocycles. The molecule has 0 aliphatic carbocycles. The first-order valence-electron chi connectivity index (χ1n) is 14.2. The maximum Gasteiger partial charge on any atom is 0.136 e. The molecule has 60 heavy (non-hydrogen) atoms. The van der Waals surface area contributed by atoms with Crippen LogP contribution in [0, 0.1) is 0 Å². The molecule has 1 aromatic heterocycles. The minimum Gasteiger partial charge on any atom is -0.327 e. The van der Waals surface area contributed by atoms with E-state index in [0.29, 0.717) is 31.1 Å². The summed E-state index contributed by atoms with van der Waals surface area (Å²) >= 11 is 9.60. The zero-order valence-electron chi connectivity index (χ0n) is 29.7. The fourth-order valence-electron chi connectivity index (χ4n) is 2.85. The van der Waals surface area contributed by atoms with Gasteiger partial charge in [0.1, 0.15) is 17.3 Å². The molecule has 7 nitrogen and oxygen atoms in total. The first kappa shape index (κ1) is 66.5. The number of hydrogen-bond donors (Lipinski definition) is 2. The van der Waals surface area contributed by atoms with Gasteiger partial charge in [-0.25, -0.2) is 0 Å². The number of rotatable bonds is 5. The first-order chi connectivity index (χ1) is 29.3. The van der Waals surface area contributed by atoms with E-state index in [4.69, 9.17) is 28.1 Å². The second kappa shape index (κ2) is 53.3. The molecule has 1 aromatic rings. The topological polar surface area (TPSA) is 103 Å². The first-order valence-corrected chi connectivity index (χ1v) is 62.2. The molecule has 0 aromatic carbocycles. The van der Waals surface area contributed by atoms with Crippen molar-refractivity contribution in [1.82, 2.24) is 20.3 Å². The van der Waals surface area contributed by atoms with E-state index in [0.717, 1.165) is 18.5 Å². The lowest BCUT2D eigenvalue weighted by atomic mass is 9.94. The molecule has 1 aliphatic heterocycles. The number of Topliss-reactive ketones (excluding diaryl/α,β-unsaturated/α-hetero) is 2. The highest BCUT2D eigenvalue weighted by Gasteiger charge is 2.28. The van der Waals surface area contributed by atoms with Crippen LogP contribution in [0.1, 0.15) is 64.6 Å². The standard InChI is InChI=1S/C10H16N4O.C6H13NO.S37/c1-3-7-4-8(15)5-9(11-7)10-6-14(2)13-12-10;1-3-6(7)4-5(2)8;1-3-5-7-9-11-13-15-17-19-21-23-25-27-29-31-33-35-37-36-34-32-30-28-26-24-22-20-18-16-14-12-10-8-6-4-2/h6-7,9,11H,3-5H2,1-2H3;6H,3-4,7H2,1-2H3;. The summed E-state index contributed by atoms with van der Waals surface area (Å²) in [5.74, 6) is 0.496. The molecule has 352 valence electrons. The summed E-state index contributed by atoms with van der Waals surface area (Å²) in [6.45, 7) is 5.63. The lowest BCUT2D eigenvalue weighted by molar-refractivity contribution is -0.121. The Morgan fingerprint density at radius 1 is 0.650 bits per heavy atom. The molecule has 0 saturated carbocycles. The molecule has 44 heteroatoms. The van der Waals surface area contributed by atoms with Gasteiger partial charge in [-0.05, 0) is 19.8 Å². The van der Waals surface area contributed by atoms with Crippen molar-refractivity contribution in [3.8, 4) is 0 Å². The van der Waals surface area contributed by atoms with E-state index in [9.17, 15) is 9.59 Å². The van der Waals surface area contributed by atoms with Gasteiger partial charge in [0.2, 0.25) is 0 Å². The van der Waals surface area contributed by atoms with Crippen LogP contribution >= 0.6 is 0 Å². The summed E-state index contributed by atoms with van der Waals surface area (Å²) in [5.41, 5.74) is 6.32.